The molecule has 0 radical (unpaired) electrons. The smallest absolute Gasteiger partial charge is 0.240 e. The lowest BCUT2D eigenvalue weighted by Gasteiger charge is -2.14. The third-order valence-corrected chi connectivity index (χ3v) is 5.02. The summed E-state index contributed by atoms with van der Waals surface area (Å²) in [5.74, 6) is 0. The van der Waals surface area contributed by atoms with Gasteiger partial charge in [0.2, 0.25) is 10.0 Å². The van der Waals surface area contributed by atoms with E-state index in [-0.39, 0.29) is 6.04 Å². The van der Waals surface area contributed by atoms with E-state index in [2.05, 4.69) is 17.0 Å². The van der Waals surface area contributed by atoms with Crippen LogP contribution in [0.2, 0.25) is 0 Å². The number of sulfonamides is 1. The van der Waals surface area contributed by atoms with Crippen LogP contribution in [0.1, 0.15) is 51.5 Å². The van der Waals surface area contributed by atoms with Gasteiger partial charge in [-0.15, -0.1) is 0 Å². The molecule has 0 heterocycles. The second-order valence-electron chi connectivity index (χ2n) is 5.55. The highest BCUT2D eigenvalue weighted by molar-refractivity contribution is 7.89. The van der Waals surface area contributed by atoms with Crippen LogP contribution in [0, 0.1) is 0 Å². The summed E-state index contributed by atoms with van der Waals surface area (Å²) in [5, 5.41) is 3.03. The lowest BCUT2D eigenvalue weighted by atomic mass is 10.1. The van der Waals surface area contributed by atoms with E-state index in [1.807, 2.05) is 20.0 Å². The van der Waals surface area contributed by atoms with E-state index in [1.165, 1.54) is 19.3 Å². The first-order valence-corrected chi connectivity index (χ1v) is 9.23. The summed E-state index contributed by atoms with van der Waals surface area (Å²) < 4.78 is 27.5. The Bertz CT molecular complexity index is 515. The Balaban J connectivity index is 2.61. The Morgan fingerprint density at radius 3 is 2.62 bits per heavy atom. The lowest BCUT2D eigenvalue weighted by molar-refractivity contribution is 0.522. The van der Waals surface area contributed by atoms with E-state index >= 15 is 0 Å². The molecule has 0 aromatic heterocycles. The standard InChI is InChI=1S/C16H28N2O2S/c1-4-5-6-7-9-14(2)18-21(19,20)16-11-8-10-15(12-16)13-17-3/h8,10-12,14,17-18H,4-7,9,13H2,1-3H3. The summed E-state index contributed by atoms with van der Waals surface area (Å²) in [7, 11) is -1.58. The largest absolute Gasteiger partial charge is 0.316 e. The molecule has 1 atom stereocenters. The fourth-order valence-electron chi connectivity index (χ4n) is 2.30. The van der Waals surface area contributed by atoms with Gasteiger partial charge in [-0.3, -0.25) is 0 Å². The van der Waals surface area contributed by atoms with Gasteiger partial charge in [0, 0.05) is 12.6 Å². The molecule has 1 unspecified atom stereocenters. The predicted octanol–water partition coefficient (Wildman–Crippen LogP) is 3.04. The average Bonchev–Trinajstić information content (AvgIpc) is 2.44. The van der Waals surface area contributed by atoms with Crippen molar-refractivity contribution in [1.29, 1.82) is 0 Å². The molecule has 0 fully saturated rings. The van der Waals surface area contributed by atoms with Gasteiger partial charge in [0.1, 0.15) is 0 Å². The molecule has 0 bridgehead atoms. The van der Waals surface area contributed by atoms with Crippen molar-refractivity contribution in [3.63, 3.8) is 0 Å². The minimum atomic E-state index is -3.42. The maximum Gasteiger partial charge on any atom is 0.240 e. The van der Waals surface area contributed by atoms with Crippen LogP contribution in [-0.2, 0) is 16.6 Å². The zero-order valence-electron chi connectivity index (χ0n) is 13.4. The summed E-state index contributed by atoms with van der Waals surface area (Å²) in [6.07, 6.45) is 5.52. The molecule has 120 valence electrons. The van der Waals surface area contributed by atoms with Crippen LogP contribution in [0.3, 0.4) is 0 Å². The summed E-state index contributed by atoms with van der Waals surface area (Å²) in [5.41, 5.74) is 0.968. The van der Waals surface area contributed by atoms with E-state index in [4.69, 9.17) is 0 Å². The minimum Gasteiger partial charge on any atom is -0.316 e. The molecular weight excluding hydrogens is 284 g/mol. The molecule has 21 heavy (non-hydrogen) atoms. The molecule has 0 amide bonds. The van der Waals surface area contributed by atoms with Gasteiger partial charge in [-0.1, -0.05) is 44.7 Å². The van der Waals surface area contributed by atoms with Crippen molar-refractivity contribution in [1.82, 2.24) is 10.0 Å². The molecular formula is C16H28N2O2S. The van der Waals surface area contributed by atoms with E-state index in [9.17, 15) is 8.42 Å². The van der Waals surface area contributed by atoms with Crippen LogP contribution in [0.5, 0.6) is 0 Å². The number of nitrogens with one attached hydrogen (secondary N) is 2. The van der Waals surface area contributed by atoms with Crippen molar-refractivity contribution < 1.29 is 8.42 Å². The average molecular weight is 312 g/mol. The highest BCUT2D eigenvalue weighted by atomic mass is 32.2. The second-order valence-corrected chi connectivity index (χ2v) is 7.26. The van der Waals surface area contributed by atoms with Gasteiger partial charge in [0.15, 0.2) is 0 Å². The molecule has 0 spiro atoms. The van der Waals surface area contributed by atoms with Crippen molar-refractivity contribution in [2.75, 3.05) is 7.05 Å². The molecule has 0 aliphatic carbocycles. The molecule has 2 N–H and O–H groups in total. The molecule has 5 heteroatoms. The zero-order chi connectivity index (χ0) is 15.7. The minimum absolute atomic E-state index is 0.0280. The quantitative estimate of drug-likeness (QED) is 0.653. The molecule has 1 aromatic rings. The van der Waals surface area contributed by atoms with E-state index in [0.29, 0.717) is 11.4 Å². The predicted molar refractivity (Wildman–Crippen MR) is 87.7 cm³/mol. The number of hydrogen-bond acceptors (Lipinski definition) is 3. The maximum absolute atomic E-state index is 12.4. The van der Waals surface area contributed by atoms with E-state index < -0.39 is 10.0 Å². The Kier molecular flexibility index (Phi) is 7.93. The van der Waals surface area contributed by atoms with Gasteiger partial charge in [-0.25, -0.2) is 13.1 Å². The molecule has 0 saturated heterocycles. The molecule has 1 rings (SSSR count). The molecule has 4 nitrogen and oxygen atoms in total. The van der Waals surface area contributed by atoms with Crippen molar-refractivity contribution in [3.8, 4) is 0 Å². The summed E-state index contributed by atoms with van der Waals surface area (Å²) in [6.45, 7) is 4.77. The topological polar surface area (TPSA) is 58.2 Å². The highest BCUT2D eigenvalue weighted by Gasteiger charge is 2.17. The van der Waals surface area contributed by atoms with Crippen LogP contribution in [0.4, 0.5) is 0 Å². The second kappa shape index (κ2) is 9.18. The van der Waals surface area contributed by atoms with Crippen molar-refractivity contribution in [3.05, 3.63) is 29.8 Å². The van der Waals surface area contributed by atoms with Gasteiger partial charge in [0.25, 0.3) is 0 Å². The summed E-state index contributed by atoms with van der Waals surface area (Å²) in [4.78, 5) is 0.343. The molecule has 0 aliphatic rings. The van der Waals surface area contributed by atoms with Gasteiger partial charge in [0.05, 0.1) is 4.90 Å². The number of benzene rings is 1. The van der Waals surface area contributed by atoms with E-state index in [0.717, 1.165) is 18.4 Å². The molecule has 0 aliphatic heterocycles. The lowest BCUT2D eigenvalue weighted by Crippen LogP contribution is -2.32. The number of rotatable bonds is 10. The Morgan fingerprint density at radius 2 is 1.95 bits per heavy atom. The van der Waals surface area contributed by atoms with Crippen LogP contribution in [0.25, 0.3) is 0 Å². The van der Waals surface area contributed by atoms with Crippen molar-refractivity contribution in [2.24, 2.45) is 0 Å². The fraction of sp³-hybridized carbons (Fsp3) is 0.625. The first kappa shape index (κ1) is 18.1. The monoisotopic (exact) mass is 312 g/mol. The van der Waals surface area contributed by atoms with Gasteiger partial charge in [-0.05, 0) is 38.1 Å². The third-order valence-electron chi connectivity index (χ3n) is 3.44. The van der Waals surface area contributed by atoms with Crippen LogP contribution in [0.15, 0.2) is 29.2 Å². The molecule has 1 aromatic carbocycles. The fourth-order valence-corrected chi connectivity index (χ4v) is 3.64. The third kappa shape index (κ3) is 6.59. The molecule has 0 saturated carbocycles. The number of hydrogen-bond donors (Lipinski definition) is 2. The highest BCUT2D eigenvalue weighted by Crippen LogP contribution is 2.13. The zero-order valence-corrected chi connectivity index (χ0v) is 14.2. The van der Waals surface area contributed by atoms with Crippen molar-refractivity contribution in [2.45, 2.75) is 63.4 Å². The Morgan fingerprint density at radius 1 is 1.19 bits per heavy atom. The summed E-state index contributed by atoms with van der Waals surface area (Å²) in [6, 6.07) is 7.05. The van der Waals surface area contributed by atoms with Gasteiger partial charge in [-0.2, -0.15) is 0 Å². The number of unbranched alkanes of at least 4 members (excludes halogenated alkanes) is 3. The first-order valence-electron chi connectivity index (χ1n) is 7.75. The SMILES string of the molecule is CCCCCCC(C)NS(=O)(=O)c1cccc(CNC)c1. The Labute approximate surface area is 129 Å². The summed E-state index contributed by atoms with van der Waals surface area (Å²) >= 11 is 0. The van der Waals surface area contributed by atoms with Gasteiger partial charge >= 0.3 is 0 Å². The van der Waals surface area contributed by atoms with Gasteiger partial charge < -0.3 is 5.32 Å². The first-order chi connectivity index (χ1) is 9.99. The maximum atomic E-state index is 12.4. The van der Waals surface area contributed by atoms with E-state index in [1.54, 1.807) is 18.2 Å². The van der Waals surface area contributed by atoms with Crippen LogP contribution in [-0.4, -0.2) is 21.5 Å². The normalized spacial score (nSPS) is 13.3. The van der Waals surface area contributed by atoms with Crippen LogP contribution >= 0.6 is 0 Å². The van der Waals surface area contributed by atoms with Crippen LogP contribution < -0.4 is 10.0 Å². The van der Waals surface area contributed by atoms with Crippen molar-refractivity contribution >= 4 is 10.0 Å². The Hall–Kier alpha value is -0.910.